The van der Waals surface area contributed by atoms with Crippen LogP contribution in [0.1, 0.15) is 35.5 Å². The van der Waals surface area contributed by atoms with Gasteiger partial charge in [-0.05, 0) is 13.3 Å². The summed E-state index contributed by atoms with van der Waals surface area (Å²) in [6.07, 6.45) is 1.69. The second-order valence-corrected chi connectivity index (χ2v) is 2.75. The quantitative estimate of drug-likeness (QED) is 0.669. The van der Waals surface area contributed by atoms with Gasteiger partial charge in [0, 0.05) is 6.42 Å². The van der Waals surface area contributed by atoms with Crippen LogP contribution in [-0.2, 0) is 11.2 Å². The summed E-state index contributed by atoms with van der Waals surface area (Å²) in [7, 11) is 1.33. The van der Waals surface area contributed by atoms with Crippen LogP contribution in [0.4, 0.5) is 0 Å². The van der Waals surface area contributed by atoms with Crippen LogP contribution in [0, 0.1) is 6.92 Å². The molecule has 1 aromatic heterocycles. The van der Waals surface area contributed by atoms with Gasteiger partial charge in [0.25, 0.3) is 0 Å². The standard InChI is InChI=1S/C9H13NO3/c1-4-5-7-10-8(6(2)13-7)9(11)12-3/h4-5H2,1-3H3. The third-order valence-corrected chi connectivity index (χ3v) is 1.68. The number of carbonyl (C=O) groups excluding carboxylic acids is 1. The van der Waals surface area contributed by atoms with Crippen molar-refractivity contribution in [2.75, 3.05) is 7.11 Å². The summed E-state index contributed by atoms with van der Waals surface area (Å²) in [6.45, 7) is 3.73. The normalized spacial score (nSPS) is 10.1. The van der Waals surface area contributed by atoms with Gasteiger partial charge < -0.3 is 9.15 Å². The zero-order valence-electron chi connectivity index (χ0n) is 8.09. The Morgan fingerprint density at radius 2 is 2.31 bits per heavy atom. The lowest BCUT2D eigenvalue weighted by atomic mass is 10.3. The Bertz CT molecular complexity index is 304. The second kappa shape index (κ2) is 4.07. The Kier molecular flexibility index (Phi) is 3.06. The van der Waals surface area contributed by atoms with E-state index in [0.717, 1.165) is 12.8 Å². The summed E-state index contributed by atoms with van der Waals surface area (Å²) >= 11 is 0. The van der Waals surface area contributed by atoms with Crippen LogP contribution in [0.3, 0.4) is 0 Å². The van der Waals surface area contributed by atoms with Crippen LogP contribution in [0.5, 0.6) is 0 Å². The van der Waals surface area contributed by atoms with Crippen molar-refractivity contribution in [3.63, 3.8) is 0 Å². The summed E-state index contributed by atoms with van der Waals surface area (Å²) in [5.74, 6) is 0.680. The monoisotopic (exact) mass is 183 g/mol. The number of aromatic nitrogens is 1. The number of aryl methyl sites for hydroxylation is 2. The van der Waals surface area contributed by atoms with E-state index in [1.165, 1.54) is 7.11 Å². The Balaban J connectivity index is 2.89. The maximum Gasteiger partial charge on any atom is 0.360 e. The highest BCUT2D eigenvalue weighted by Gasteiger charge is 2.16. The highest BCUT2D eigenvalue weighted by Crippen LogP contribution is 2.11. The van der Waals surface area contributed by atoms with Crippen LogP contribution in [0.2, 0.25) is 0 Å². The van der Waals surface area contributed by atoms with Gasteiger partial charge in [-0.25, -0.2) is 9.78 Å². The highest BCUT2D eigenvalue weighted by atomic mass is 16.5. The van der Waals surface area contributed by atoms with Crippen LogP contribution >= 0.6 is 0 Å². The predicted octanol–water partition coefficient (Wildman–Crippen LogP) is 1.72. The summed E-state index contributed by atoms with van der Waals surface area (Å²) < 4.78 is 9.81. The number of oxazole rings is 1. The number of esters is 1. The zero-order valence-corrected chi connectivity index (χ0v) is 8.09. The van der Waals surface area contributed by atoms with Gasteiger partial charge in [0.05, 0.1) is 7.11 Å². The molecule has 0 bridgehead atoms. The van der Waals surface area contributed by atoms with Crippen LogP contribution in [0.15, 0.2) is 4.42 Å². The fraction of sp³-hybridized carbons (Fsp3) is 0.556. The van der Waals surface area contributed by atoms with Crippen molar-refractivity contribution in [2.24, 2.45) is 0 Å². The van der Waals surface area contributed by atoms with E-state index in [2.05, 4.69) is 9.72 Å². The third kappa shape index (κ3) is 2.08. The molecule has 0 aromatic carbocycles. The average Bonchev–Trinajstić information content (AvgIpc) is 2.46. The van der Waals surface area contributed by atoms with Gasteiger partial charge >= 0.3 is 5.97 Å². The molecule has 0 spiro atoms. The largest absolute Gasteiger partial charge is 0.464 e. The molecule has 13 heavy (non-hydrogen) atoms. The molecule has 0 atom stereocenters. The second-order valence-electron chi connectivity index (χ2n) is 2.75. The lowest BCUT2D eigenvalue weighted by Crippen LogP contribution is -2.03. The molecule has 1 heterocycles. The molecule has 0 aliphatic rings. The van der Waals surface area contributed by atoms with Crippen molar-refractivity contribution in [1.82, 2.24) is 4.98 Å². The molecule has 0 saturated heterocycles. The minimum atomic E-state index is -0.441. The Hall–Kier alpha value is -1.32. The Morgan fingerprint density at radius 3 is 2.85 bits per heavy atom. The molecule has 0 radical (unpaired) electrons. The van der Waals surface area contributed by atoms with Crippen molar-refractivity contribution in [3.05, 3.63) is 17.3 Å². The van der Waals surface area contributed by atoms with E-state index in [1.54, 1.807) is 6.92 Å². The Labute approximate surface area is 76.9 Å². The van der Waals surface area contributed by atoms with Crippen molar-refractivity contribution >= 4 is 5.97 Å². The minimum absolute atomic E-state index is 0.283. The number of methoxy groups -OCH3 is 1. The summed E-state index contributed by atoms with van der Waals surface area (Å²) in [5, 5.41) is 0. The fourth-order valence-electron chi connectivity index (χ4n) is 1.06. The molecule has 1 aromatic rings. The van der Waals surface area contributed by atoms with Crippen LogP contribution < -0.4 is 0 Å². The maximum atomic E-state index is 11.1. The molecule has 0 N–H and O–H groups in total. The topological polar surface area (TPSA) is 52.3 Å². The van der Waals surface area contributed by atoms with E-state index >= 15 is 0 Å². The molecule has 1 rings (SSSR count). The molecule has 0 fully saturated rings. The first-order chi connectivity index (χ1) is 6.19. The predicted molar refractivity (Wildman–Crippen MR) is 46.6 cm³/mol. The SMILES string of the molecule is CCCc1nc(C(=O)OC)c(C)o1. The van der Waals surface area contributed by atoms with Gasteiger partial charge in [-0.2, -0.15) is 0 Å². The smallest absolute Gasteiger partial charge is 0.360 e. The van der Waals surface area contributed by atoms with Crippen molar-refractivity contribution < 1.29 is 13.9 Å². The molecule has 72 valence electrons. The van der Waals surface area contributed by atoms with Gasteiger partial charge in [0.1, 0.15) is 5.76 Å². The minimum Gasteiger partial charge on any atom is -0.464 e. The van der Waals surface area contributed by atoms with Gasteiger partial charge in [-0.1, -0.05) is 6.92 Å². The molecular formula is C9H13NO3. The molecule has 0 amide bonds. The first kappa shape index (κ1) is 9.77. The fourth-order valence-corrected chi connectivity index (χ4v) is 1.06. The van der Waals surface area contributed by atoms with Crippen molar-refractivity contribution in [1.29, 1.82) is 0 Å². The van der Waals surface area contributed by atoms with E-state index in [4.69, 9.17) is 4.42 Å². The van der Waals surface area contributed by atoms with Crippen LogP contribution in [-0.4, -0.2) is 18.1 Å². The molecule has 0 unspecified atom stereocenters. The number of hydrogen-bond acceptors (Lipinski definition) is 4. The molecule has 0 saturated carbocycles. The van der Waals surface area contributed by atoms with E-state index in [-0.39, 0.29) is 5.69 Å². The number of carbonyl (C=O) groups is 1. The number of rotatable bonds is 3. The van der Waals surface area contributed by atoms with E-state index in [1.807, 2.05) is 6.92 Å². The molecule has 4 nitrogen and oxygen atoms in total. The first-order valence-electron chi connectivity index (χ1n) is 4.23. The molecule has 4 heteroatoms. The van der Waals surface area contributed by atoms with Crippen molar-refractivity contribution in [3.8, 4) is 0 Å². The average molecular weight is 183 g/mol. The van der Waals surface area contributed by atoms with Crippen molar-refractivity contribution in [2.45, 2.75) is 26.7 Å². The summed E-state index contributed by atoms with van der Waals surface area (Å²) in [6, 6.07) is 0. The lowest BCUT2D eigenvalue weighted by Gasteiger charge is -1.91. The molecular weight excluding hydrogens is 170 g/mol. The molecule has 0 aliphatic carbocycles. The van der Waals surface area contributed by atoms with Gasteiger partial charge in [-0.15, -0.1) is 0 Å². The van der Waals surface area contributed by atoms with Gasteiger partial charge in [0.15, 0.2) is 11.6 Å². The number of nitrogens with zero attached hydrogens (tertiary/aromatic N) is 1. The summed E-state index contributed by atoms with van der Waals surface area (Å²) in [4.78, 5) is 15.1. The van der Waals surface area contributed by atoms with E-state index in [0.29, 0.717) is 11.7 Å². The van der Waals surface area contributed by atoms with Gasteiger partial charge in [0.2, 0.25) is 0 Å². The van der Waals surface area contributed by atoms with Crippen LogP contribution in [0.25, 0.3) is 0 Å². The van der Waals surface area contributed by atoms with Gasteiger partial charge in [-0.3, -0.25) is 0 Å². The van der Waals surface area contributed by atoms with E-state index < -0.39 is 5.97 Å². The Morgan fingerprint density at radius 1 is 1.62 bits per heavy atom. The zero-order chi connectivity index (χ0) is 9.84. The third-order valence-electron chi connectivity index (χ3n) is 1.68. The summed E-state index contributed by atoms with van der Waals surface area (Å²) in [5.41, 5.74) is 0.283. The van der Waals surface area contributed by atoms with E-state index in [9.17, 15) is 4.79 Å². The maximum absolute atomic E-state index is 11.1. The number of ether oxygens (including phenoxy) is 1. The first-order valence-corrected chi connectivity index (χ1v) is 4.23. The lowest BCUT2D eigenvalue weighted by molar-refractivity contribution is 0.0593. The molecule has 0 aliphatic heterocycles. The highest BCUT2D eigenvalue weighted by molar-refractivity contribution is 5.88. The number of hydrogen-bond donors (Lipinski definition) is 0.